The second-order valence-corrected chi connectivity index (χ2v) is 4.08. The lowest BCUT2D eigenvalue weighted by Gasteiger charge is -1.95. The van der Waals surface area contributed by atoms with Gasteiger partial charge in [-0.2, -0.15) is 0 Å². The molecule has 0 radical (unpaired) electrons. The Hall–Kier alpha value is -1.31. The van der Waals surface area contributed by atoms with Gasteiger partial charge in [0.15, 0.2) is 11.5 Å². The molecule has 0 saturated heterocycles. The summed E-state index contributed by atoms with van der Waals surface area (Å²) in [5.41, 5.74) is 4.29. The summed E-state index contributed by atoms with van der Waals surface area (Å²) in [6.07, 6.45) is 0. The van der Waals surface area contributed by atoms with Gasteiger partial charge in [0.05, 0.1) is 0 Å². The van der Waals surface area contributed by atoms with Gasteiger partial charge in [0.1, 0.15) is 5.52 Å². The highest BCUT2D eigenvalue weighted by atomic mass is 16.3. The molecule has 0 aliphatic rings. The molecule has 0 aliphatic carbocycles. The second-order valence-electron chi connectivity index (χ2n) is 4.08. The highest BCUT2D eigenvalue weighted by molar-refractivity contribution is 5.79. The van der Waals surface area contributed by atoms with E-state index in [4.69, 9.17) is 4.42 Å². The third-order valence-electron chi connectivity index (χ3n) is 2.45. The normalized spacial score (nSPS) is 11.5. The van der Waals surface area contributed by atoms with Crippen LogP contribution in [-0.4, -0.2) is 4.98 Å². The maximum absolute atomic E-state index is 5.73. The van der Waals surface area contributed by atoms with E-state index in [1.165, 1.54) is 5.56 Å². The number of aryl methyl sites for hydroxylation is 2. The molecule has 1 heterocycles. The van der Waals surface area contributed by atoms with Crippen LogP contribution in [0.25, 0.3) is 11.1 Å². The molecule has 74 valence electrons. The van der Waals surface area contributed by atoms with Crippen LogP contribution in [-0.2, 0) is 0 Å². The zero-order chi connectivity index (χ0) is 10.3. The lowest BCUT2D eigenvalue weighted by Crippen LogP contribution is -1.85. The van der Waals surface area contributed by atoms with Crippen molar-refractivity contribution >= 4 is 11.1 Å². The Morgan fingerprint density at radius 2 is 1.79 bits per heavy atom. The van der Waals surface area contributed by atoms with Crippen molar-refractivity contribution in [3.63, 3.8) is 0 Å². The highest BCUT2D eigenvalue weighted by Crippen LogP contribution is 2.25. The predicted octanol–water partition coefficient (Wildman–Crippen LogP) is 3.57. The molecule has 0 saturated carbocycles. The predicted molar refractivity (Wildman–Crippen MR) is 57.6 cm³/mol. The van der Waals surface area contributed by atoms with Gasteiger partial charge in [-0.25, -0.2) is 4.98 Å². The minimum Gasteiger partial charge on any atom is -0.440 e. The zero-order valence-corrected chi connectivity index (χ0v) is 9.09. The molecule has 1 aromatic heterocycles. The Morgan fingerprint density at radius 3 is 2.36 bits per heavy atom. The fourth-order valence-corrected chi connectivity index (χ4v) is 1.52. The van der Waals surface area contributed by atoms with Crippen LogP contribution in [0.5, 0.6) is 0 Å². The number of aromatic nitrogens is 1. The lowest BCUT2D eigenvalue weighted by atomic mass is 10.1. The molecular formula is C12H15NO. The van der Waals surface area contributed by atoms with Gasteiger partial charge in [0.2, 0.25) is 0 Å². The number of rotatable bonds is 1. The van der Waals surface area contributed by atoms with Crippen molar-refractivity contribution in [1.82, 2.24) is 4.98 Å². The Kier molecular flexibility index (Phi) is 2.06. The number of hydrogen-bond donors (Lipinski definition) is 0. The van der Waals surface area contributed by atoms with E-state index in [9.17, 15) is 0 Å². The van der Waals surface area contributed by atoms with Crippen LogP contribution in [0.1, 0.15) is 36.8 Å². The standard InChI is InChI=1S/C12H15NO/c1-7(2)12-13-10-8(3)5-6-9(4)11(10)14-12/h5-7H,1-4H3. The highest BCUT2D eigenvalue weighted by Gasteiger charge is 2.12. The maximum Gasteiger partial charge on any atom is 0.198 e. The molecule has 0 atom stereocenters. The molecule has 0 unspecified atom stereocenters. The molecule has 2 nitrogen and oxygen atoms in total. The number of oxazole rings is 1. The first-order valence-corrected chi connectivity index (χ1v) is 4.96. The van der Waals surface area contributed by atoms with Gasteiger partial charge in [0, 0.05) is 5.92 Å². The average molecular weight is 189 g/mol. The summed E-state index contributed by atoms with van der Waals surface area (Å²) in [6, 6.07) is 4.16. The average Bonchev–Trinajstić information content (AvgIpc) is 2.57. The van der Waals surface area contributed by atoms with E-state index in [-0.39, 0.29) is 0 Å². The first-order valence-electron chi connectivity index (χ1n) is 4.96. The molecule has 14 heavy (non-hydrogen) atoms. The lowest BCUT2D eigenvalue weighted by molar-refractivity contribution is 0.500. The minimum atomic E-state index is 0.348. The molecular weight excluding hydrogens is 174 g/mol. The summed E-state index contributed by atoms with van der Waals surface area (Å²) in [5.74, 6) is 1.18. The smallest absolute Gasteiger partial charge is 0.198 e. The molecule has 2 heteroatoms. The van der Waals surface area contributed by atoms with E-state index in [1.807, 2.05) is 0 Å². The van der Waals surface area contributed by atoms with Crippen LogP contribution in [0.4, 0.5) is 0 Å². The summed E-state index contributed by atoms with van der Waals surface area (Å²) < 4.78 is 5.73. The van der Waals surface area contributed by atoms with Crippen molar-refractivity contribution in [2.24, 2.45) is 0 Å². The van der Waals surface area contributed by atoms with E-state index in [0.717, 1.165) is 22.6 Å². The van der Waals surface area contributed by atoms with Crippen molar-refractivity contribution in [2.45, 2.75) is 33.6 Å². The van der Waals surface area contributed by atoms with Crippen molar-refractivity contribution in [1.29, 1.82) is 0 Å². The monoisotopic (exact) mass is 189 g/mol. The topological polar surface area (TPSA) is 26.0 Å². The van der Waals surface area contributed by atoms with Gasteiger partial charge in [-0.1, -0.05) is 26.0 Å². The molecule has 0 spiro atoms. The van der Waals surface area contributed by atoms with Crippen LogP contribution in [0.3, 0.4) is 0 Å². The molecule has 0 aliphatic heterocycles. The number of fused-ring (bicyclic) bond motifs is 1. The molecule has 2 rings (SSSR count). The number of nitrogens with zero attached hydrogens (tertiary/aromatic N) is 1. The Morgan fingerprint density at radius 1 is 1.14 bits per heavy atom. The van der Waals surface area contributed by atoms with Crippen LogP contribution >= 0.6 is 0 Å². The molecule has 0 fully saturated rings. The van der Waals surface area contributed by atoms with Crippen molar-refractivity contribution in [3.05, 3.63) is 29.2 Å². The van der Waals surface area contributed by atoms with Crippen molar-refractivity contribution in [2.75, 3.05) is 0 Å². The van der Waals surface area contributed by atoms with E-state index in [2.05, 4.69) is 44.8 Å². The summed E-state index contributed by atoms with van der Waals surface area (Å²) in [5, 5.41) is 0. The van der Waals surface area contributed by atoms with Crippen molar-refractivity contribution in [3.8, 4) is 0 Å². The molecule has 2 aromatic rings. The van der Waals surface area contributed by atoms with Gasteiger partial charge < -0.3 is 4.42 Å². The molecule has 0 N–H and O–H groups in total. The van der Waals surface area contributed by atoms with Gasteiger partial charge in [-0.15, -0.1) is 0 Å². The van der Waals surface area contributed by atoms with Crippen LogP contribution < -0.4 is 0 Å². The van der Waals surface area contributed by atoms with E-state index in [0.29, 0.717) is 5.92 Å². The van der Waals surface area contributed by atoms with Gasteiger partial charge in [-0.05, 0) is 25.0 Å². The van der Waals surface area contributed by atoms with Crippen LogP contribution in [0, 0.1) is 13.8 Å². The fourth-order valence-electron chi connectivity index (χ4n) is 1.52. The second kappa shape index (κ2) is 3.12. The SMILES string of the molecule is Cc1ccc(C)c2oc(C(C)C)nc12. The maximum atomic E-state index is 5.73. The summed E-state index contributed by atoms with van der Waals surface area (Å²) in [7, 11) is 0. The third kappa shape index (κ3) is 1.31. The Balaban J connectivity index is 2.75. The van der Waals surface area contributed by atoms with Gasteiger partial charge >= 0.3 is 0 Å². The zero-order valence-electron chi connectivity index (χ0n) is 9.09. The van der Waals surface area contributed by atoms with Gasteiger partial charge in [-0.3, -0.25) is 0 Å². The minimum absolute atomic E-state index is 0.348. The first kappa shape index (κ1) is 9.25. The van der Waals surface area contributed by atoms with Gasteiger partial charge in [0.25, 0.3) is 0 Å². The fraction of sp³-hybridized carbons (Fsp3) is 0.417. The quantitative estimate of drug-likeness (QED) is 0.685. The van der Waals surface area contributed by atoms with Crippen LogP contribution in [0.15, 0.2) is 16.5 Å². The van der Waals surface area contributed by atoms with E-state index in [1.54, 1.807) is 0 Å². The molecule has 1 aromatic carbocycles. The van der Waals surface area contributed by atoms with E-state index < -0.39 is 0 Å². The van der Waals surface area contributed by atoms with Crippen molar-refractivity contribution < 1.29 is 4.42 Å². The van der Waals surface area contributed by atoms with Crippen LogP contribution in [0.2, 0.25) is 0 Å². The molecule has 0 bridgehead atoms. The largest absolute Gasteiger partial charge is 0.440 e. The Bertz CT molecular complexity index is 429. The number of hydrogen-bond acceptors (Lipinski definition) is 2. The number of benzene rings is 1. The first-order chi connectivity index (χ1) is 6.59. The summed E-state index contributed by atoms with van der Waals surface area (Å²) in [4.78, 5) is 4.51. The third-order valence-corrected chi connectivity index (χ3v) is 2.45. The molecule has 0 amide bonds. The van der Waals surface area contributed by atoms with E-state index >= 15 is 0 Å². The summed E-state index contributed by atoms with van der Waals surface area (Å²) in [6.45, 7) is 8.30. The Labute approximate surface area is 84.0 Å². The summed E-state index contributed by atoms with van der Waals surface area (Å²) >= 11 is 0.